The van der Waals surface area contributed by atoms with Gasteiger partial charge in [0.1, 0.15) is 0 Å². The molecule has 2 heteroatoms. The number of rotatable bonds is 2. The van der Waals surface area contributed by atoms with Gasteiger partial charge in [0.2, 0.25) is 0 Å². The van der Waals surface area contributed by atoms with Gasteiger partial charge in [0.15, 0.2) is 0 Å². The molecule has 0 aromatic carbocycles. The first-order valence-electron chi connectivity index (χ1n) is 1.99. The second kappa shape index (κ2) is 9.61. The third kappa shape index (κ3) is 9.02. The van der Waals surface area contributed by atoms with Crippen LogP contribution in [0.15, 0.2) is 0 Å². The van der Waals surface area contributed by atoms with Crippen LogP contribution in [0.25, 0.3) is 0 Å². The molecule has 0 saturated carbocycles. The fourth-order valence-electron chi connectivity index (χ4n) is 0.204. The molecule has 0 aliphatic rings. The van der Waals surface area contributed by atoms with Gasteiger partial charge in [-0.15, -0.1) is 0 Å². The Bertz CT molecular complexity index is 15.0. The minimum Gasteiger partial charge on any atom is -0.163 e. The first kappa shape index (κ1) is 10.4. The smallest absolute Gasteiger partial charge is 0 e. The van der Waals surface area contributed by atoms with E-state index in [1.165, 1.54) is 11.5 Å². The van der Waals surface area contributed by atoms with Gasteiger partial charge in [-0.3, -0.25) is 0 Å². The van der Waals surface area contributed by atoms with Crippen LogP contribution in [0.5, 0.6) is 0 Å². The molecule has 0 aromatic heterocycles. The standard InChI is InChI=1S/C4H10S.Na/c1-3-5-4-2;/h3-4H2,1-2H3;. The predicted molar refractivity (Wildman–Crippen MR) is 34.4 cm³/mol. The van der Waals surface area contributed by atoms with E-state index in [0.29, 0.717) is 0 Å². The van der Waals surface area contributed by atoms with E-state index < -0.39 is 0 Å². The monoisotopic (exact) mass is 113 g/mol. The maximum Gasteiger partial charge on any atom is 0 e. The van der Waals surface area contributed by atoms with E-state index in [-0.39, 0.29) is 29.6 Å². The molecule has 0 fully saturated rings. The molecule has 0 rings (SSSR count). The SMILES string of the molecule is CCSCC.[Na]. The summed E-state index contributed by atoms with van der Waals surface area (Å²) in [6.07, 6.45) is 0. The molecule has 0 unspecified atom stereocenters. The van der Waals surface area contributed by atoms with Crippen molar-refractivity contribution in [3.8, 4) is 0 Å². The number of hydrogen-bond donors (Lipinski definition) is 0. The summed E-state index contributed by atoms with van der Waals surface area (Å²) >= 11 is 1.96. The van der Waals surface area contributed by atoms with Crippen LogP contribution in [-0.2, 0) is 0 Å². The van der Waals surface area contributed by atoms with Crippen molar-refractivity contribution in [3.05, 3.63) is 0 Å². The van der Waals surface area contributed by atoms with Gasteiger partial charge in [0.25, 0.3) is 0 Å². The minimum absolute atomic E-state index is 0. The first-order valence-corrected chi connectivity index (χ1v) is 3.15. The van der Waals surface area contributed by atoms with Crippen molar-refractivity contribution in [1.82, 2.24) is 0 Å². The van der Waals surface area contributed by atoms with Crippen LogP contribution in [0.1, 0.15) is 13.8 Å². The second-order valence-electron chi connectivity index (χ2n) is 0.781. The Labute approximate surface area is 66.4 Å². The summed E-state index contributed by atoms with van der Waals surface area (Å²) in [5.41, 5.74) is 0. The van der Waals surface area contributed by atoms with Gasteiger partial charge in [0, 0.05) is 29.6 Å². The van der Waals surface area contributed by atoms with Gasteiger partial charge in [-0.05, 0) is 11.5 Å². The molecule has 0 heterocycles. The van der Waals surface area contributed by atoms with E-state index in [1.54, 1.807) is 0 Å². The number of hydrogen-bond acceptors (Lipinski definition) is 1. The molecule has 33 valence electrons. The summed E-state index contributed by atoms with van der Waals surface area (Å²) in [5, 5.41) is 0. The molecule has 0 amide bonds. The van der Waals surface area contributed by atoms with E-state index in [2.05, 4.69) is 13.8 Å². The van der Waals surface area contributed by atoms with Crippen molar-refractivity contribution < 1.29 is 0 Å². The molecule has 0 aliphatic carbocycles. The van der Waals surface area contributed by atoms with Gasteiger partial charge < -0.3 is 0 Å². The zero-order valence-corrected chi connectivity index (χ0v) is 7.64. The van der Waals surface area contributed by atoms with E-state index in [1.807, 2.05) is 11.8 Å². The Morgan fingerprint density at radius 2 is 1.50 bits per heavy atom. The fourth-order valence-corrected chi connectivity index (χ4v) is 0.612. The van der Waals surface area contributed by atoms with Crippen molar-refractivity contribution in [1.29, 1.82) is 0 Å². The third-order valence-electron chi connectivity index (χ3n) is 0.408. The summed E-state index contributed by atoms with van der Waals surface area (Å²) in [6, 6.07) is 0. The Morgan fingerprint density at radius 1 is 1.17 bits per heavy atom. The van der Waals surface area contributed by atoms with Crippen LogP contribution in [0.4, 0.5) is 0 Å². The van der Waals surface area contributed by atoms with Gasteiger partial charge in [0.05, 0.1) is 0 Å². The van der Waals surface area contributed by atoms with Gasteiger partial charge in [-0.25, -0.2) is 0 Å². The summed E-state index contributed by atoms with van der Waals surface area (Å²) in [4.78, 5) is 0. The van der Waals surface area contributed by atoms with Crippen LogP contribution >= 0.6 is 11.8 Å². The van der Waals surface area contributed by atoms with Crippen molar-refractivity contribution in [3.63, 3.8) is 0 Å². The normalized spacial score (nSPS) is 7.00. The molecular formula is C4H10NaS. The zero-order chi connectivity index (χ0) is 4.12. The maximum atomic E-state index is 2.17. The molecular weight excluding hydrogens is 103 g/mol. The van der Waals surface area contributed by atoms with Crippen LogP contribution < -0.4 is 0 Å². The van der Waals surface area contributed by atoms with Crippen molar-refractivity contribution in [2.45, 2.75) is 13.8 Å². The van der Waals surface area contributed by atoms with Crippen LogP contribution in [0.3, 0.4) is 0 Å². The summed E-state index contributed by atoms with van der Waals surface area (Å²) in [7, 11) is 0. The molecule has 0 bridgehead atoms. The topological polar surface area (TPSA) is 0 Å². The fraction of sp³-hybridized carbons (Fsp3) is 1.00. The first-order chi connectivity index (χ1) is 2.41. The molecule has 0 saturated heterocycles. The zero-order valence-electron chi connectivity index (χ0n) is 4.82. The third-order valence-corrected chi connectivity index (χ3v) is 1.22. The minimum atomic E-state index is 0. The van der Waals surface area contributed by atoms with Gasteiger partial charge in [-0.2, -0.15) is 11.8 Å². The van der Waals surface area contributed by atoms with Crippen LogP contribution in [0, 0.1) is 0 Å². The van der Waals surface area contributed by atoms with E-state index >= 15 is 0 Å². The average Bonchev–Trinajstić information content (AvgIpc) is 1.41. The van der Waals surface area contributed by atoms with E-state index in [0.717, 1.165) is 0 Å². The largest absolute Gasteiger partial charge is 0.163 e. The quantitative estimate of drug-likeness (QED) is 0.487. The molecule has 6 heavy (non-hydrogen) atoms. The average molecular weight is 113 g/mol. The van der Waals surface area contributed by atoms with E-state index in [4.69, 9.17) is 0 Å². The van der Waals surface area contributed by atoms with E-state index in [9.17, 15) is 0 Å². The molecule has 0 spiro atoms. The van der Waals surface area contributed by atoms with Crippen LogP contribution in [0.2, 0.25) is 0 Å². The van der Waals surface area contributed by atoms with Gasteiger partial charge >= 0.3 is 0 Å². The Hall–Kier alpha value is 1.35. The Kier molecular flexibility index (Phi) is 16.6. The molecule has 0 atom stereocenters. The maximum absolute atomic E-state index is 2.17. The molecule has 0 nitrogen and oxygen atoms in total. The molecule has 1 radical (unpaired) electrons. The summed E-state index contributed by atoms with van der Waals surface area (Å²) < 4.78 is 0. The molecule has 0 aromatic rings. The molecule has 0 N–H and O–H groups in total. The van der Waals surface area contributed by atoms with Crippen molar-refractivity contribution in [2.24, 2.45) is 0 Å². The second-order valence-corrected chi connectivity index (χ2v) is 2.34. The van der Waals surface area contributed by atoms with Gasteiger partial charge in [-0.1, -0.05) is 13.8 Å². The summed E-state index contributed by atoms with van der Waals surface area (Å²) in [6.45, 7) is 4.35. The molecule has 0 aliphatic heterocycles. The Balaban J connectivity index is 0. The predicted octanol–water partition coefficient (Wildman–Crippen LogP) is 1.38. The number of thioether (sulfide) groups is 1. The summed E-state index contributed by atoms with van der Waals surface area (Å²) in [5.74, 6) is 2.52. The van der Waals surface area contributed by atoms with Crippen molar-refractivity contribution >= 4 is 41.3 Å². The van der Waals surface area contributed by atoms with Crippen LogP contribution in [-0.4, -0.2) is 41.1 Å². The Morgan fingerprint density at radius 3 is 1.50 bits per heavy atom. The van der Waals surface area contributed by atoms with Crippen molar-refractivity contribution in [2.75, 3.05) is 11.5 Å².